The van der Waals surface area contributed by atoms with Crippen LogP contribution >= 0.6 is 0 Å². The summed E-state index contributed by atoms with van der Waals surface area (Å²) in [6.07, 6.45) is 17.7. The van der Waals surface area contributed by atoms with Gasteiger partial charge in [0.2, 0.25) is 0 Å². The molecule has 240 valence electrons. The Morgan fingerprint density at radius 1 is 0.604 bits per heavy atom. The third-order valence-electron chi connectivity index (χ3n) is 12.8. The Labute approximate surface area is 285 Å². The van der Waals surface area contributed by atoms with Crippen LogP contribution < -0.4 is 10.6 Å². The van der Waals surface area contributed by atoms with E-state index in [2.05, 4.69) is 114 Å². The van der Waals surface area contributed by atoms with Crippen molar-refractivity contribution in [2.75, 3.05) is 0 Å². The molecule has 3 nitrogen and oxygen atoms in total. The first kappa shape index (κ1) is 28.8. The lowest BCUT2D eigenvalue weighted by atomic mass is 9.63. The summed E-state index contributed by atoms with van der Waals surface area (Å²) in [5.74, 6) is 0.977. The second-order valence-corrected chi connectivity index (χ2v) is 15.2. The summed E-state index contributed by atoms with van der Waals surface area (Å²) in [7, 11) is 0. The highest BCUT2D eigenvalue weighted by atomic mass is 15.3. The van der Waals surface area contributed by atoms with Gasteiger partial charge in [0.15, 0.2) is 0 Å². The zero-order valence-corrected chi connectivity index (χ0v) is 27.9. The maximum Gasteiger partial charge on any atom is 0.131 e. The van der Waals surface area contributed by atoms with E-state index in [0.29, 0.717) is 0 Å². The molecule has 2 unspecified atom stereocenters. The first-order chi connectivity index (χ1) is 23.8. The van der Waals surface area contributed by atoms with Crippen molar-refractivity contribution in [3.63, 3.8) is 0 Å². The fraction of sp³-hybridized carbons (Fsp3) is 0.356. The number of nitrogens with one attached hydrogen (secondary N) is 2. The van der Waals surface area contributed by atoms with Gasteiger partial charge in [-0.25, -0.2) is 4.99 Å². The van der Waals surface area contributed by atoms with E-state index in [0.717, 1.165) is 24.2 Å². The lowest BCUT2D eigenvalue weighted by Crippen LogP contribution is -2.53. The van der Waals surface area contributed by atoms with Gasteiger partial charge in [0.25, 0.3) is 0 Å². The van der Waals surface area contributed by atoms with Crippen LogP contribution in [0.3, 0.4) is 0 Å². The molecule has 2 atom stereocenters. The van der Waals surface area contributed by atoms with Gasteiger partial charge in [0, 0.05) is 16.4 Å². The van der Waals surface area contributed by atoms with Gasteiger partial charge in [-0.3, -0.25) is 5.32 Å². The van der Waals surface area contributed by atoms with E-state index in [4.69, 9.17) is 4.99 Å². The average Bonchev–Trinajstić information content (AvgIpc) is 3.58. The van der Waals surface area contributed by atoms with E-state index in [1.54, 1.807) is 33.4 Å². The third-order valence-corrected chi connectivity index (χ3v) is 12.8. The van der Waals surface area contributed by atoms with Crippen LogP contribution in [-0.4, -0.2) is 12.0 Å². The zero-order valence-electron chi connectivity index (χ0n) is 27.9. The summed E-state index contributed by atoms with van der Waals surface area (Å²) in [6, 6.07) is 36.4. The number of allylic oxidation sites excluding steroid dienone is 2. The van der Waals surface area contributed by atoms with E-state index in [9.17, 15) is 0 Å². The zero-order chi connectivity index (χ0) is 31.7. The Morgan fingerprint density at radius 2 is 1.25 bits per heavy atom. The van der Waals surface area contributed by atoms with E-state index in [1.165, 1.54) is 86.5 Å². The number of rotatable bonds is 3. The molecule has 2 fully saturated rings. The quantitative estimate of drug-likeness (QED) is 0.237. The van der Waals surface area contributed by atoms with Crippen molar-refractivity contribution in [1.29, 1.82) is 0 Å². The van der Waals surface area contributed by atoms with Crippen LogP contribution in [0.25, 0.3) is 16.7 Å². The lowest BCUT2D eigenvalue weighted by molar-refractivity contribution is 0.338. The molecule has 48 heavy (non-hydrogen) atoms. The van der Waals surface area contributed by atoms with Crippen LogP contribution in [0, 0.1) is 0 Å². The molecule has 0 aromatic heterocycles. The smallest absolute Gasteiger partial charge is 0.131 e. The van der Waals surface area contributed by atoms with Crippen molar-refractivity contribution < 1.29 is 0 Å². The molecule has 1 aliphatic heterocycles. The van der Waals surface area contributed by atoms with Gasteiger partial charge in [-0.05, 0) is 106 Å². The minimum absolute atomic E-state index is 0.0152. The molecule has 0 radical (unpaired) electrons. The van der Waals surface area contributed by atoms with E-state index >= 15 is 0 Å². The second-order valence-electron chi connectivity index (χ2n) is 15.2. The van der Waals surface area contributed by atoms with Crippen LogP contribution in [-0.2, 0) is 10.8 Å². The van der Waals surface area contributed by atoms with Gasteiger partial charge < -0.3 is 5.32 Å². The minimum atomic E-state index is -0.114. The number of nitrogens with zero attached hydrogens (tertiary/aromatic N) is 1. The SMILES string of the molecule is C1=C(C2NC(c3ccccc3)=NC(c3ccccc3)N2)C2=C(CC1)c1cc3c(cc1C21CCCCC1)-c1ccccc1C31CCCCC1. The van der Waals surface area contributed by atoms with Crippen LogP contribution in [0.5, 0.6) is 0 Å². The maximum atomic E-state index is 5.26. The molecule has 0 amide bonds. The van der Waals surface area contributed by atoms with Crippen LogP contribution in [0.15, 0.2) is 119 Å². The molecule has 2 saturated carbocycles. The molecule has 2 spiro atoms. The Morgan fingerprint density at radius 3 is 2.02 bits per heavy atom. The Hall–Kier alpha value is -4.21. The summed E-state index contributed by atoms with van der Waals surface area (Å²) in [5.41, 5.74) is 16.9. The van der Waals surface area contributed by atoms with Crippen LogP contribution in [0.2, 0.25) is 0 Å². The molecule has 4 aromatic carbocycles. The van der Waals surface area contributed by atoms with Gasteiger partial charge >= 0.3 is 0 Å². The number of benzene rings is 4. The number of aliphatic imine (C=N–C) groups is 1. The monoisotopic (exact) mass is 627 g/mol. The lowest BCUT2D eigenvalue weighted by Gasteiger charge is -2.43. The highest BCUT2D eigenvalue weighted by Gasteiger charge is 2.51. The van der Waals surface area contributed by atoms with Gasteiger partial charge in [0.1, 0.15) is 18.2 Å². The topological polar surface area (TPSA) is 36.4 Å². The number of fused-ring (bicyclic) bond motifs is 9. The predicted octanol–water partition coefficient (Wildman–Crippen LogP) is 10.3. The van der Waals surface area contributed by atoms with Crippen molar-refractivity contribution >= 4 is 11.4 Å². The summed E-state index contributed by atoms with van der Waals surface area (Å²) < 4.78 is 0. The van der Waals surface area contributed by atoms with Crippen LogP contribution in [0.4, 0.5) is 0 Å². The van der Waals surface area contributed by atoms with Crippen molar-refractivity contribution in [2.45, 2.75) is 100 Å². The number of hydrogen-bond donors (Lipinski definition) is 2. The van der Waals surface area contributed by atoms with Crippen molar-refractivity contribution in [3.05, 3.63) is 148 Å². The molecule has 1 heterocycles. The Bertz CT molecular complexity index is 1990. The van der Waals surface area contributed by atoms with Crippen molar-refractivity contribution in [3.8, 4) is 11.1 Å². The Kier molecular flexibility index (Phi) is 6.70. The van der Waals surface area contributed by atoms with E-state index in [1.807, 2.05) is 0 Å². The highest BCUT2D eigenvalue weighted by Crippen LogP contribution is 2.63. The molecule has 6 aliphatic rings. The molecular weight excluding hydrogens is 583 g/mol. The third kappa shape index (κ3) is 4.19. The van der Waals surface area contributed by atoms with Crippen LogP contribution in [0.1, 0.15) is 117 Å². The van der Waals surface area contributed by atoms with Gasteiger partial charge in [-0.1, -0.05) is 130 Å². The first-order valence-electron chi connectivity index (χ1n) is 18.7. The average molecular weight is 628 g/mol. The number of amidine groups is 1. The molecule has 2 N–H and O–H groups in total. The fourth-order valence-electron chi connectivity index (χ4n) is 10.8. The highest BCUT2D eigenvalue weighted by molar-refractivity contribution is 6.00. The fourth-order valence-corrected chi connectivity index (χ4v) is 10.8. The summed E-state index contributed by atoms with van der Waals surface area (Å²) in [6.45, 7) is 0. The van der Waals surface area contributed by atoms with E-state index < -0.39 is 0 Å². The summed E-state index contributed by atoms with van der Waals surface area (Å²) in [5, 5.41) is 7.95. The van der Waals surface area contributed by atoms with Gasteiger partial charge in [-0.2, -0.15) is 0 Å². The van der Waals surface area contributed by atoms with Gasteiger partial charge in [0.05, 0.1) is 0 Å². The number of hydrogen-bond acceptors (Lipinski definition) is 3. The molecular formula is C45H45N3. The van der Waals surface area contributed by atoms with E-state index in [-0.39, 0.29) is 23.2 Å². The van der Waals surface area contributed by atoms with Gasteiger partial charge in [-0.15, -0.1) is 0 Å². The molecule has 0 saturated heterocycles. The normalized spacial score (nSPS) is 24.7. The minimum Gasteiger partial charge on any atom is -0.350 e. The Balaban J connectivity index is 1.13. The first-order valence-corrected chi connectivity index (χ1v) is 18.7. The molecule has 5 aliphatic carbocycles. The standard InChI is InChI=1S/C45H45N3/c1-5-16-30(17-6-1)41-46-42(31-18-7-2-8-19-31)48-43(47-41)34-22-15-21-33-36-29-38-35(28-39(36)45(40(33)34)26-13-4-14-27-45)32-20-9-10-23-37(32)44(38)24-11-3-12-25-44/h1-2,5-10,16-20,22-23,28-29,41,43,47H,3-4,11-15,21,24-27H2,(H,46,48). The second kappa shape index (κ2) is 11.2. The predicted molar refractivity (Wildman–Crippen MR) is 197 cm³/mol. The van der Waals surface area contributed by atoms with Crippen molar-refractivity contribution in [1.82, 2.24) is 10.6 Å². The largest absolute Gasteiger partial charge is 0.350 e. The molecule has 0 bridgehead atoms. The van der Waals surface area contributed by atoms with Crippen molar-refractivity contribution in [2.24, 2.45) is 4.99 Å². The molecule has 4 aromatic rings. The summed E-state index contributed by atoms with van der Waals surface area (Å²) >= 11 is 0. The summed E-state index contributed by atoms with van der Waals surface area (Å²) in [4.78, 5) is 5.26. The molecule has 10 rings (SSSR count). The molecule has 3 heteroatoms. The maximum absolute atomic E-state index is 5.26.